The summed E-state index contributed by atoms with van der Waals surface area (Å²) in [7, 11) is -3.28. The van der Waals surface area contributed by atoms with Crippen molar-refractivity contribution < 1.29 is 31.1 Å². The molecule has 0 heterocycles. The minimum Gasteiger partial charge on any atom is -0.494 e. The van der Waals surface area contributed by atoms with Crippen LogP contribution in [0.3, 0.4) is 0 Å². The molecule has 1 atom stereocenters. The number of alkyl halides is 3. The Morgan fingerprint density at radius 1 is 1.13 bits per heavy atom. The topological polar surface area (TPSA) is 72.5 Å². The maximum Gasteiger partial charge on any atom is 0.416 e. The maximum absolute atomic E-state index is 13.0. The molecule has 0 spiro atoms. The highest BCUT2D eigenvalue weighted by atomic mass is 32.2. The van der Waals surface area contributed by atoms with Crippen LogP contribution in [-0.4, -0.2) is 27.2 Å². The van der Waals surface area contributed by atoms with E-state index in [9.17, 15) is 26.4 Å². The van der Waals surface area contributed by atoms with Gasteiger partial charge in [-0.25, -0.2) is 8.42 Å². The maximum atomic E-state index is 13.0. The summed E-state index contributed by atoms with van der Waals surface area (Å²) < 4.78 is 67.3. The lowest BCUT2D eigenvalue weighted by Crippen LogP contribution is -2.28. The third-order valence-corrected chi connectivity index (χ3v) is 5.73. The zero-order valence-electron chi connectivity index (χ0n) is 17.4. The van der Waals surface area contributed by atoms with Gasteiger partial charge in [0.15, 0.2) is 9.84 Å². The van der Waals surface area contributed by atoms with E-state index < -0.39 is 27.6 Å². The van der Waals surface area contributed by atoms with Gasteiger partial charge in [0, 0.05) is 12.7 Å². The normalized spacial score (nSPS) is 12.9. The Labute approximate surface area is 180 Å². The number of benzene rings is 2. The van der Waals surface area contributed by atoms with E-state index >= 15 is 0 Å². The highest BCUT2D eigenvalue weighted by molar-refractivity contribution is 7.90. The van der Waals surface area contributed by atoms with Crippen LogP contribution in [-0.2, 0) is 20.8 Å². The molecule has 0 aliphatic heterocycles. The van der Waals surface area contributed by atoms with Crippen LogP contribution in [0.4, 0.5) is 13.2 Å². The average Bonchev–Trinajstić information content (AvgIpc) is 2.70. The number of rotatable bonds is 10. The van der Waals surface area contributed by atoms with Crippen molar-refractivity contribution in [2.24, 2.45) is 0 Å². The summed E-state index contributed by atoms with van der Waals surface area (Å²) >= 11 is 0. The summed E-state index contributed by atoms with van der Waals surface area (Å²) in [4.78, 5) is 12.5. The first-order valence-corrected chi connectivity index (χ1v) is 11.8. The van der Waals surface area contributed by atoms with E-state index in [1.165, 1.54) is 18.2 Å². The van der Waals surface area contributed by atoms with E-state index in [2.05, 4.69) is 5.32 Å². The van der Waals surface area contributed by atoms with Crippen molar-refractivity contribution in [1.82, 2.24) is 5.32 Å². The van der Waals surface area contributed by atoms with Gasteiger partial charge in [-0.3, -0.25) is 4.79 Å². The lowest BCUT2D eigenvalue weighted by Gasteiger charge is -2.20. The molecule has 2 rings (SSSR count). The Kier molecular flexibility index (Phi) is 8.50. The van der Waals surface area contributed by atoms with Gasteiger partial charge in [-0.2, -0.15) is 13.2 Å². The van der Waals surface area contributed by atoms with Crippen LogP contribution < -0.4 is 10.1 Å². The van der Waals surface area contributed by atoms with Crippen molar-refractivity contribution in [2.75, 3.05) is 12.9 Å². The van der Waals surface area contributed by atoms with E-state index in [1.54, 1.807) is 18.2 Å². The number of carbonyl (C=O) groups excluding carboxylic acids is 1. The fourth-order valence-electron chi connectivity index (χ4n) is 3.01. The van der Waals surface area contributed by atoms with Gasteiger partial charge in [-0.1, -0.05) is 25.5 Å². The number of nitrogens with one attached hydrogen (secondary N) is 1. The molecule has 0 radical (unpaired) electrons. The van der Waals surface area contributed by atoms with Gasteiger partial charge in [0.1, 0.15) is 5.75 Å². The molecule has 0 aromatic heterocycles. The summed E-state index contributed by atoms with van der Waals surface area (Å²) in [6.07, 6.45) is -1.54. The fourth-order valence-corrected chi connectivity index (χ4v) is 3.65. The smallest absolute Gasteiger partial charge is 0.416 e. The second-order valence-corrected chi connectivity index (χ2v) is 9.24. The molecule has 0 saturated carbocycles. The van der Waals surface area contributed by atoms with E-state index in [1.807, 2.05) is 6.92 Å². The zero-order chi connectivity index (χ0) is 23.1. The Morgan fingerprint density at radius 3 is 2.39 bits per heavy atom. The number of amides is 1. The number of carbonyl (C=O) groups is 1. The van der Waals surface area contributed by atoms with Gasteiger partial charge in [0.05, 0.1) is 23.1 Å². The third kappa shape index (κ3) is 7.90. The first-order chi connectivity index (χ1) is 14.5. The summed E-state index contributed by atoms with van der Waals surface area (Å²) in [5.74, 6) is 0.215. The molecule has 1 unspecified atom stereocenters. The molecule has 5 nitrogen and oxygen atoms in total. The van der Waals surface area contributed by atoms with E-state index in [0.29, 0.717) is 30.6 Å². The van der Waals surface area contributed by atoms with Crippen molar-refractivity contribution >= 4 is 15.7 Å². The fraction of sp³-hybridized carbons (Fsp3) is 0.409. The van der Waals surface area contributed by atoms with Gasteiger partial charge >= 0.3 is 6.18 Å². The summed E-state index contributed by atoms with van der Waals surface area (Å²) in [5, 5.41) is 2.81. The van der Waals surface area contributed by atoms with Crippen LogP contribution in [0.1, 0.15) is 49.8 Å². The van der Waals surface area contributed by atoms with Crippen molar-refractivity contribution in [3.63, 3.8) is 0 Å². The Balaban J connectivity index is 1.87. The molecule has 1 N–H and O–H groups in total. The number of sulfone groups is 1. The SMILES string of the molecule is CCCC(NC(=O)CCCOc1ccc(S(C)(=O)=O)cc1)c1cccc(C(F)(F)F)c1. The Hall–Kier alpha value is -2.55. The Bertz CT molecular complexity index is 973. The van der Waals surface area contributed by atoms with E-state index in [0.717, 1.165) is 18.4 Å². The predicted molar refractivity (Wildman–Crippen MR) is 112 cm³/mol. The van der Waals surface area contributed by atoms with E-state index in [-0.39, 0.29) is 23.8 Å². The minimum atomic E-state index is -4.44. The molecule has 9 heteroatoms. The molecule has 170 valence electrons. The van der Waals surface area contributed by atoms with Crippen LogP contribution in [0.5, 0.6) is 5.75 Å². The largest absolute Gasteiger partial charge is 0.494 e. The number of halogens is 3. The van der Waals surface area contributed by atoms with Crippen molar-refractivity contribution in [3.05, 3.63) is 59.7 Å². The quantitative estimate of drug-likeness (QED) is 0.514. The third-order valence-electron chi connectivity index (χ3n) is 4.60. The van der Waals surface area contributed by atoms with E-state index in [4.69, 9.17) is 4.74 Å². The summed E-state index contributed by atoms with van der Waals surface area (Å²) in [5.41, 5.74) is -0.317. The lowest BCUT2D eigenvalue weighted by molar-refractivity contribution is -0.137. The first kappa shape index (κ1) is 24.7. The van der Waals surface area contributed by atoms with Crippen LogP contribution in [0.15, 0.2) is 53.4 Å². The van der Waals surface area contributed by atoms with Crippen molar-refractivity contribution in [2.45, 2.75) is 49.7 Å². The highest BCUT2D eigenvalue weighted by Crippen LogP contribution is 2.31. The van der Waals surface area contributed by atoms with Crippen LogP contribution in [0.25, 0.3) is 0 Å². The second kappa shape index (κ2) is 10.7. The van der Waals surface area contributed by atoms with Crippen LogP contribution >= 0.6 is 0 Å². The number of hydrogen-bond donors (Lipinski definition) is 1. The van der Waals surface area contributed by atoms with Gasteiger partial charge in [-0.05, 0) is 54.8 Å². The molecule has 0 aliphatic rings. The highest BCUT2D eigenvalue weighted by Gasteiger charge is 2.31. The molecule has 1 amide bonds. The molecule has 31 heavy (non-hydrogen) atoms. The molecule has 2 aromatic rings. The van der Waals surface area contributed by atoms with Crippen LogP contribution in [0.2, 0.25) is 0 Å². The van der Waals surface area contributed by atoms with Gasteiger partial charge in [-0.15, -0.1) is 0 Å². The molecular weight excluding hydrogens is 431 g/mol. The Morgan fingerprint density at radius 2 is 1.81 bits per heavy atom. The van der Waals surface area contributed by atoms with Gasteiger partial charge in [0.25, 0.3) is 0 Å². The molecule has 2 aromatic carbocycles. The molecule has 0 fully saturated rings. The molecule has 0 bridgehead atoms. The standard InChI is InChI=1S/C22H26F3NO4S/c1-3-6-20(16-7-4-8-17(15-16)22(23,24)25)26-21(27)9-5-14-30-18-10-12-19(13-11-18)31(2,28)29/h4,7-8,10-13,15,20H,3,5-6,9,14H2,1-2H3,(H,26,27). The van der Waals surface area contributed by atoms with Crippen molar-refractivity contribution in [1.29, 1.82) is 0 Å². The molecular formula is C22H26F3NO4S. The zero-order valence-corrected chi connectivity index (χ0v) is 18.2. The lowest BCUT2D eigenvalue weighted by atomic mass is 9.99. The summed E-state index contributed by atoms with van der Waals surface area (Å²) in [6.45, 7) is 2.14. The number of ether oxygens (including phenoxy) is 1. The minimum absolute atomic E-state index is 0.153. The van der Waals surface area contributed by atoms with Gasteiger partial charge in [0.2, 0.25) is 5.91 Å². The predicted octanol–water partition coefficient (Wildman–Crippen LogP) is 4.93. The second-order valence-electron chi connectivity index (χ2n) is 7.23. The molecule has 0 aliphatic carbocycles. The summed E-state index contributed by atoms with van der Waals surface area (Å²) in [6, 6.07) is 10.5. The molecule has 0 saturated heterocycles. The van der Waals surface area contributed by atoms with Crippen molar-refractivity contribution in [3.8, 4) is 5.75 Å². The number of hydrogen-bond acceptors (Lipinski definition) is 4. The average molecular weight is 458 g/mol. The first-order valence-electron chi connectivity index (χ1n) is 9.90. The van der Waals surface area contributed by atoms with Crippen LogP contribution in [0, 0.1) is 0 Å². The van der Waals surface area contributed by atoms with Gasteiger partial charge < -0.3 is 10.1 Å². The monoisotopic (exact) mass is 457 g/mol.